The number of hydrogen-bond acceptors (Lipinski definition) is 8. The summed E-state index contributed by atoms with van der Waals surface area (Å²) in [6, 6.07) is 0. The number of carbonyl (C=O) groups is 4. The molecule has 0 aromatic carbocycles. The van der Waals surface area contributed by atoms with Crippen LogP contribution in [0, 0.1) is 0 Å². The quantitative estimate of drug-likeness (QED) is 0.323. The average molecular weight is 380 g/mol. The summed E-state index contributed by atoms with van der Waals surface area (Å²) in [6.07, 6.45) is -3.53. The topological polar surface area (TPSA) is 105 Å². The normalized spacial score (nSPS) is 10.0. The molecule has 148 valence electrons. The van der Waals surface area contributed by atoms with Gasteiger partial charge < -0.3 is 18.9 Å². The van der Waals surface area contributed by atoms with Crippen LogP contribution in [0.1, 0.15) is 34.1 Å². The van der Waals surface area contributed by atoms with Crippen molar-refractivity contribution < 1.29 is 38.1 Å². The van der Waals surface area contributed by atoms with Crippen LogP contribution in [0.15, 0.2) is 48.6 Å². The molecular formula is C19H24O8. The van der Waals surface area contributed by atoms with Crippen LogP contribution in [0.2, 0.25) is 0 Å². The fourth-order valence-electron chi connectivity index (χ4n) is 1.28. The SMILES string of the molecule is C=C(C)C(=O)OC(CC(OC(=O)C(=C)C)OC(=O)C(=C)C)OC(=O)C(=C)C. The van der Waals surface area contributed by atoms with Gasteiger partial charge in [-0.15, -0.1) is 0 Å². The van der Waals surface area contributed by atoms with Crippen molar-refractivity contribution in [2.24, 2.45) is 0 Å². The van der Waals surface area contributed by atoms with Crippen LogP contribution in [0.3, 0.4) is 0 Å². The smallest absolute Gasteiger partial charge is 0.336 e. The summed E-state index contributed by atoms with van der Waals surface area (Å²) in [5.74, 6) is -3.42. The van der Waals surface area contributed by atoms with E-state index in [4.69, 9.17) is 18.9 Å². The second-order valence-corrected chi connectivity index (χ2v) is 5.84. The molecule has 0 spiro atoms. The molecule has 0 atom stereocenters. The molecule has 0 radical (unpaired) electrons. The lowest BCUT2D eigenvalue weighted by Gasteiger charge is -2.24. The first-order chi connectivity index (χ1) is 12.3. The predicted molar refractivity (Wildman–Crippen MR) is 95.8 cm³/mol. The number of rotatable bonds is 10. The summed E-state index contributed by atoms with van der Waals surface area (Å²) in [4.78, 5) is 47.1. The Hall–Kier alpha value is -3.16. The van der Waals surface area contributed by atoms with E-state index in [1.54, 1.807) is 0 Å². The molecule has 0 aliphatic carbocycles. The summed E-state index contributed by atoms with van der Waals surface area (Å²) < 4.78 is 20.0. The third kappa shape index (κ3) is 9.20. The molecule has 0 aromatic heterocycles. The third-order valence-electron chi connectivity index (χ3n) is 2.73. The lowest BCUT2D eigenvalue weighted by Crippen LogP contribution is -2.34. The van der Waals surface area contributed by atoms with E-state index in [0.29, 0.717) is 0 Å². The van der Waals surface area contributed by atoms with Gasteiger partial charge in [0.05, 0.1) is 6.42 Å². The highest BCUT2D eigenvalue weighted by molar-refractivity contribution is 5.89. The standard InChI is InChI=1S/C19H24O8/c1-10(2)16(20)24-14(25-17(21)11(3)4)9-15(26-18(22)12(5)6)27-19(23)13(7)8/h14-15H,1,3,5,7,9H2,2,4,6,8H3. The van der Waals surface area contributed by atoms with E-state index < -0.39 is 42.9 Å². The minimum atomic E-state index is -1.53. The van der Waals surface area contributed by atoms with Gasteiger partial charge in [0.2, 0.25) is 0 Å². The molecule has 0 N–H and O–H groups in total. The van der Waals surface area contributed by atoms with Crippen LogP contribution in [-0.4, -0.2) is 36.5 Å². The highest BCUT2D eigenvalue weighted by Gasteiger charge is 2.29. The zero-order valence-corrected chi connectivity index (χ0v) is 16.0. The van der Waals surface area contributed by atoms with Crippen LogP contribution in [0.25, 0.3) is 0 Å². The molecule has 0 aliphatic heterocycles. The Morgan fingerprint density at radius 3 is 0.889 bits per heavy atom. The minimum Gasteiger partial charge on any atom is -0.421 e. The van der Waals surface area contributed by atoms with Crippen LogP contribution < -0.4 is 0 Å². The number of carbonyl (C=O) groups excluding carboxylic acids is 4. The molecule has 0 aromatic rings. The molecule has 0 rings (SSSR count). The first-order valence-electron chi connectivity index (χ1n) is 7.81. The highest BCUT2D eigenvalue weighted by Crippen LogP contribution is 2.16. The Morgan fingerprint density at radius 1 is 0.556 bits per heavy atom. The fraction of sp³-hybridized carbons (Fsp3) is 0.368. The van der Waals surface area contributed by atoms with Gasteiger partial charge in [0.15, 0.2) is 0 Å². The molecule has 0 heterocycles. The zero-order chi connectivity index (χ0) is 21.3. The maximum absolute atomic E-state index is 11.8. The molecule has 27 heavy (non-hydrogen) atoms. The molecule has 0 saturated carbocycles. The van der Waals surface area contributed by atoms with E-state index >= 15 is 0 Å². The Bertz CT molecular complexity index is 572. The maximum atomic E-state index is 11.8. The summed E-state index contributed by atoms with van der Waals surface area (Å²) in [5.41, 5.74) is 0.170. The number of ether oxygens (including phenoxy) is 4. The summed E-state index contributed by atoms with van der Waals surface area (Å²) in [7, 11) is 0. The summed E-state index contributed by atoms with van der Waals surface area (Å²) >= 11 is 0. The van der Waals surface area contributed by atoms with Crippen LogP contribution in [-0.2, 0) is 38.1 Å². The van der Waals surface area contributed by atoms with Crippen molar-refractivity contribution in [1.82, 2.24) is 0 Å². The summed E-state index contributed by atoms with van der Waals surface area (Å²) in [6.45, 7) is 19.2. The van der Waals surface area contributed by atoms with E-state index in [0.717, 1.165) is 0 Å². The molecule has 0 fully saturated rings. The number of hydrogen-bond donors (Lipinski definition) is 0. The first-order valence-corrected chi connectivity index (χ1v) is 7.81. The predicted octanol–water partition coefficient (Wildman–Crippen LogP) is 2.51. The minimum absolute atomic E-state index is 0.0424. The molecule has 0 amide bonds. The van der Waals surface area contributed by atoms with Crippen molar-refractivity contribution in [2.75, 3.05) is 0 Å². The van der Waals surface area contributed by atoms with E-state index in [2.05, 4.69) is 26.3 Å². The molecule has 8 heteroatoms. The van der Waals surface area contributed by atoms with Gasteiger partial charge in [0, 0.05) is 22.3 Å². The summed E-state index contributed by atoms with van der Waals surface area (Å²) in [5, 5.41) is 0. The van der Waals surface area contributed by atoms with Gasteiger partial charge in [-0.05, 0) is 27.7 Å². The second kappa shape index (κ2) is 10.7. The third-order valence-corrected chi connectivity index (χ3v) is 2.73. The maximum Gasteiger partial charge on any atom is 0.336 e. The van der Waals surface area contributed by atoms with Crippen LogP contribution >= 0.6 is 0 Å². The number of esters is 4. The van der Waals surface area contributed by atoms with E-state index in [1.165, 1.54) is 27.7 Å². The lowest BCUT2D eigenvalue weighted by atomic mass is 10.3. The largest absolute Gasteiger partial charge is 0.421 e. The molecule has 8 nitrogen and oxygen atoms in total. The lowest BCUT2D eigenvalue weighted by molar-refractivity contribution is -0.209. The van der Waals surface area contributed by atoms with Crippen molar-refractivity contribution >= 4 is 23.9 Å². The molecule has 0 saturated heterocycles. The monoisotopic (exact) mass is 380 g/mol. The van der Waals surface area contributed by atoms with Gasteiger partial charge >= 0.3 is 23.9 Å². The van der Waals surface area contributed by atoms with Gasteiger partial charge in [-0.2, -0.15) is 0 Å². The van der Waals surface area contributed by atoms with Crippen LogP contribution in [0.4, 0.5) is 0 Å². The van der Waals surface area contributed by atoms with Gasteiger partial charge in [-0.1, -0.05) is 26.3 Å². The highest BCUT2D eigenvalue weighted by atomic mass is 16.7. The zero-order valence-electron chi connectivity index (χ0n) is 16.0. The Kier molecular flexibility index (Phi) is 9.49. The van der Waals surface area contributed by atoms with Crippen molar-refractivity contribution in [3.8, 4) is 0 Å². The Balaban J connectivity index is 5.49. The van der Waals surface area contributed by atoms with Gasteiger partial charge in [-0.25, -0.2) is 19.2 Å². The molecular weight excluding hydrogens is 356 g/mol. The average Bonchev–Trinajstić information content (AvgIpc) is 2.53. The van der Waals surface area contributed by atoms with Gasteiger partial charge in [0.1, 0.15) is 0 Å². The van der Waals surface area contributed by atoms with Crippen molar-refractivity contribution in [3.63, 3.8) is 0 Å². The molecule has 0 aliphatic rings. The van der Waals surface area contributed by atoms with Crippen molar-refractivity contribution in [2.45, 2.75) is 46.7 Å². The second-order valence-electron chi connectivity index (χ2n) is 5.84. The van der Waals surface area contributed by atoms with Crippen molar-refractivity contribution in [3.05, 3.63) is 48.6 Å². The Morgan fingerprint density at radius 2 is 0.741 bits per heavy atom. The van der Waals surface area contributed by atoms with E-state index in [1.807, 2.05) is 0 Å². The van der Waals surface area contributed by atoms with Gasteiger partial charge in [0.25, 0.3) is 12.6 Å². The van der Waals surface area contributed by atoms with Crippen LogP contribution in [0.5, 0.6) is 0 Å². The molecule has 0 bridgehead atoms. The first kappa shape index (κ1) is 23.8. The van der Waals surface area contributed by atoms with Gasteiger partial charge in [-0.3, -0.25) is 0 Å². The Labute approximate surface area is 158 Å². The van der Waals surface area contributed by atoms with E-state index in [9.17, 15) is 19.2 Å². The fourth-order valence-corrected chi connectivity index (χ4v) is 1.28. The molecule has 0 unspecified atom stereocenters. The van der Waals surface area contributed by atoms with E-state index in [-0.39, 0.29) is 22.3 Å². The van der Waals surface area contributed by atoms with Crippen molar-refractivity contribution in [1.29, 1.82) is 0 Å².